The predicted molar refractivity (Wildman–Crippen MR) is 41.3 cm³/mol. The van der Waals surface area contributed by atoms with E-state index in [1.54, 1.807) is 0 Å². The first kappa shape index (κ1) is 8.39. The molecule has 0 fully saturated rings. The van der Waals surface area contributed by atoms with E-state index in [1.165, 1.54) is 12.1 Å². The molecule has 5 heteroatoms. The van der Waals surface area contributed by atoms with Crippen LogP contribution in [0.15, 0.2) is 16.7 Å². The quantitative estimate of drug-likeness (QED) is 0.742. The van der Waals surface area contributed by atoms with Gasteiger partial charge in [-0.05, 0) is 28.1 Å². The molecule has 1 rings (SSSR count). The lowest BCUT2D eigenvalue weighted by molar-refractivity contribution is 0.152. The normalized spacial score (nSPS) is 10.5. The van der Waals surface area contributed by atoms with Crippen molar-refractivity contribution in [1.29, 1.82) is 0 Å². The molecule has 1 aromatic heterocycles. The van der Waals surface area contributed by atoms with E-state index in [9.17, 15) is 8.78 Å². The number of nitrogens with zero attached hydrogens (tertiary/aromatic N) is 1. The van der Waals surface area contributed by atoms with Crippen LogP contribution in [0.5, 0.6) is 0 Å². The monoisotopic (exact) mass is 222 g/mol. The number of hydrogen-bond donors (Lipinski definition) is 1. The first-order valence-electron chi connectivity index (χ1n) is 2.81. The van der Waals surface area contributed by atoms with E-state index in [2.05, 4.69) is 20.9 Å². The van der Waals surface area contributed by atoms with Crippen LogP contribution in [0.3, 0.4) is 0 Å². The third-order valence-electron chi connectivity index (χ3n) is 1.16. The van der Waals surface area contributed by atoms with Crippen molar-refractivity contribution < 1.29 is 8.78 Å². The number of alkyl halides is 2. The molecule has 0 atom stereocenters. The Morgan fingerprint density at radius 2 is 2.09 bits per heavy atom. The average Bonchev–Trinajstić information content (AvgIpc) is 1.85. The summed E-state index contributed by atoms with van der Waals surface area (Å²) in [6.45, 7) is 0. The van der Waals surface area contributed by atoms with E-state index in [4.69, 9.17) is 5.73 Å². The Balaban J connectivity index is 3.09. The highest BCUT2D eigenvalue weighted by atomic mass is 79.9. The van der Waals surface area contributed by atoms with Crippen molar-refractivity contribution in [2.24, 2.45) is 0 Å². The van der Waals surface area contributed by atoms with E-state index < -0.39 is 6.43 Å². The summed E-state index contributed by atoms with van der Waals surface area (Å²) >= 11 is 3.01. The summed E-state index contributed by atoms with van der Waals surface area (Å²) < 4.78 is 24.5. The summed E-state index contributed by atoms with van der Waals surface area (Å²) in [6, 6.07) is 2.68. The molecule has 0 aliphatic rings. The highest BCUT2D eigenvalue weighted by Gasteiger charge is 2.11. The maximum atomic E-state index is 12.0. The maximum absolute atomic E-state index is 12.0. The molecule has 0 bridgehead atoms. The number of nitrogen functional groups attached to an aromatic ring is 1. The van der Waals surface area contributed by atoms with Crippen LogP contribution in [-0.2, 0) is 0 Å². The van der Waals surface area contributed by atoms with Gasteiger partial charge < -0.3 is 5.73 Å². The lowest BCUT2D eigenvalue weighted by Crippen LogP contribution is -1.97. The van der Waals surface area contributed by atoms with E-state index in [0.717, 1.165) is 0 Å². The molecule has 0 saturated heterocycles. The molecule has 0 aromatic carbocycles. The molecule has 0 saturated carbocycles. The minimum atomic E-state index is -2.56. The molecule has 0 aliphatic heterocycles. The topological polar surface area (TPSA) is 38.9 Å². The highest BCUT2D eigenvalue weighted by Crippen LogP contribution is 2.24. The number of halogens is 3. The SMILES string of the molecule is Nc1nc(Br)ccc1C(F)F. The third-order valence-corrected chi connectivity index (χ3v) is 1.60. The molecule has 60 valence electrons. The minimum Gasteiger partial charge on any atom is -0.383 e. The Kier molecular flexibility index (Phi) is 2.38. The second kappa shape index (κ2) is 3.13. The van der Waals surface area contributed by atoms with Gasteiger partial charge in [0.1, 0.15) is 10.4 Å². The molecule has 0 spiro atoms. The van der Waals surface area contributed by atoms with Crippen molar-refractivity contribution in [3.05, 3.63) is 22.3 Å². The van der Waals surface area contributed by atoms with Gasteiger partial charge in [0.05, 0.1) is 5.56 Å². The van der Waals surface area contributed by atoms with Crippen LogP contribution >= 0.6 is 15.9 Å². The molecule has 1 heterocycles. The van der Waals surface area contributed by atoms with Crippen LogP contribution in [-0.4, -0.2) is 4.98 Å². The first-order chi connectivity index (χ1) is 5.11. The molecular weight excluding hydrogens is 218 g/mol. The third kappa shape index (κ3) is 1.86. The summed E-state index contributed by atoms with van der Waals surface area (Å²) in [6.07, 6.45) is -2.56. The van der Waals surface area contributed by atoms with Gasteiger partial charge in [-0.3, -0.25) is 0 Å². The number of pyridine rings is 1. The van der Waals surface area contributed by atoms with Gasteiger partial charge in [-0.15, -0.1) is 0 Å². The minimum absolute atomic E-state index is 0.130. The average molecular weight is 223 g/mol. The van der Waals surface area contributed by atoms with E-state index >= 15 is 0 Å². The summed E-state index contributed by atoms with van der Waals surface area (Å²) in [7, 11) is 0. The Morgan fingerprint density at radius 3 is 2.55 bits per heavy atom. The van der Waals surface area contributed by atoms with Gasteiger partial charge in [-0.25, -0.2) is 13.8 Å². The van der Waals surface area contributed by atoms with Gasteiger partial charge in [0, 0.05) is 0 Å². The Morgan fingerprint density at radius 1 is 1.45 bits per heavy atom. The summed E-state index contributed by atoms with van der Waals surface area (Å²) in [5, 5.41) is 0. The van der Waals surface area contributed by atoms with Gasteiger partial charge in [0.2, 0.25) is 0 Å². The van der Waals surface area contributed by atoms with Crippen LogP contribution < -0.4 is 5.73 Å². The van der Waals surface area contributed by atoms with Crippen molar-refractivity contribution in [2.75, 3.05) is 5.73 Å². The zero-order valence-corrected chi connectivity index (χ0v) is 6.98. The predicted octanol–water partition coefficient (Wildman–Crippen LogP) is 2.36. The number of anilines is 1. The van der Waals surface area contributed by atoms with Gasteiger partial charge in [-0.2, -0.15) is 0 Å². The van der Waals surface area contributed by atoms with E-state index in [0.29, 0.717) is 4.60 Å². The van der Waals surface area contributed by atoms with Crippen LogP contribution in [0.4, 0.5) is 14.6 Å². The van der Waals surface area contributed by atoms with Crippen molar-refractivity contribution in [3.63, 3.8) is 0 Å². The van der Waals surface area contributed by atoms with E-state index in [1.807, 2.05) is 0 Å². The molecule has 1 aromatic rings. The summed E-state index contributed by atoms with van der Waals surface area (Å²) in [4.78, 5) is 3.61. The Labute approximate surface area is 70.6 Å². The zero-order valence-electron chi connectivity index (χ0n) is 5.39. The summed E-state index contributed by atoms with van der Waals surface area (Å²) in [5.41, 5.74) is 4.97. The summed E-state index contributed by atoms with van der Waals surface area (Å²) in [5.74, 6) is -0.130. The van der Waals surface area contributed by atoms with Crippen LogP contribution in [0, 0.1) is 0 Å². The number of aromatic nitrogens is 1. The second-order valence-corrected chi connectivity index (χ2v) is 2.72. The van der Waals surface area contributed by atoms with Crippen LogP contribution in [0.2, 0.25) is 0 Å². The molecule has 11 heavy (non-hydrogen) atoms. The van der Waals surface area contributed by atoms with Gasteiger partial charge in [-0.1, -0.05) is 0 Å². The number of nitrogens with two attached hydrogens (primary N) is 1. The second-order valence-electron chi connectivity index (χ2n) is 1.91. The van der Waals surface area contributed by atoms with Crippen LogP contribution in [0.25, 0.3) is 0 Å². The fraction of sp³-hybridized carbons (Fsp3) is 0.167. The van der Waals surface area contributed by atoms with E-state index in [-0.39, 0.29) is 11.4 Å². The van der Waals surface area contributed by atoms with Gasteiger partial charge >= 0.3 is 0 Å². The molecule has 2 nitrogen and oxygen atoms in total. The molecule has 0 amide bonds. The first-order valence-corrected chi connectivity index (χ1v) is 3.60. The number of rotatable bonds is 1. The van der Waals surface area contributed by atoms with Crippen molar-refractivity contribution in [2.45, 2.75) is 6.43 Å². The Bertz CT molecular complexity index is 265. The maximum Gasteiger partial charge on any atom is 0.267 e. The largest absolute Gasteiger partial charge is 0.383 e. The lowest BCUT2D eigenvalue weighted by atomic mass is 10.3. The van der Waals surface area contributed by atoms with Crippen LogP contribution in [0.1, 0.15) is 12.0 Å². The smallest absolute Gasteiger partial charge is 0.267 e. The molecular formula is C6H5BrF2N2. The molecule has 0 radical (unpaired) electrons. The molecule has 2 N–H and O–H groups in total. The fourth-order valence-electron chi connectivity index (χ4n) is 0.645. The van der Waals surface area contributed by atoms with Crippen molar-refractivity contribution >= 4 is 21.7 Å². The van der Waals surface area contributed by atoms with Crippen molar-refractivity contribution in [1.82, 2.24) is 4.98 Å². The molecule has 0 unspecified atom stereocenters. The molecule has 0 aliphatic carbocycles. The van der Waals surface area contributed by atoms with Gasteiger partial charge in [0.25, 0.3) is 6.43 Å². The standard InChI is InChI=1S/C6H5BrF2N2/c7-4-2-1-3(5(8)9)6(10)11-4/h1-2,5H,(H2,10,11). The Hall–Kier alpha value is -0.710. The lowest BCUT2D eigenvalue weighted by Gasteiger charge is -2.02. The highest BCUT2D eigenvalue weighted by molar-refractivity contribution is 9.10. The zero-order chi connectivity index (χ0) is 8.43. The van der Waals surface area contributed by atoms with Crippen molar-refractivity contribution in [3.8, 4) is 0 Å². The fourth-order valence-corrected chi connectivity index (χ4v) is 0.969. The van der Waals surface area contributed by atoms with Gasteiger partial charge in [0.15, 0.2) is 0 Å². The number of hydrogen-bond acceptors (Lipinski definition) is 2.